The molecule has 1 aromatic carbocycles. The first-order valence-corrected chi connectivity index (χ1v) is 6.93. The van der Waals surface area contributed by atoms with Crippen LogP contribution in [0.1, 0.15) is 19.5 Å². The molecule has 112 valence electrons. The molecule has 8 heteroatoms. The van der Waals surface area contributed by atoms with E-state index in [-0.39, 0.29) is 6.35 Å². The molecule has 1 N–H and O–H groups in total. The van der Waals surface area contributed by atoms with Gasteiger partial charge in [-0.15, -0.1) is 0 Å². The number of nitro benzene ring substituents is 1. The number of nitrogens with one attached hydrogen (secondary N) is 1. The Hall–Kier alpha value is -2.01. The van der Waals surface area contributed by atoms with Gasteiger partial charge in [-0.2, -0.15) is 4.39 Å². The number of esters is 1. The molecule has 0 amide bonds. The Kier molecular flexibility index (Phi) is 3.96. The van der Waals surface area contributed by atoms with E-state index in [0.29, 0.717) is 16.6 Å². The molecule has 1 atom stereocenters. The lowest BCUT2D eigenvalue weighted by Gasteiger charge is -2.20. The Morgan fingerprint density at radius 3 is 2.71 bits per heavy atom. The van der Waals surface area contributed by atoms with Gasteiger partial charge in [0.15, 0.2) is 0 Å². The van der Waals surface area contributed by atoms with Gasteiger partial charge in [0, 0.05) is 28.7 Å². The maximum Gasteiger partial charge on any atom is 0.317 e. The van der Waals surface area contributed by atoms with Crippen molar-refractivity contribution >= 4 is 31.8 Å². The van der Waals surface area contributed by atoms with Gasteiger partial charge in [0.25, 0.3) is 0 Å². The molecule has 2 aromatic rings. The number of halogens is 1. The fraction of sp³-hybridized carbons (Fsp3) is 0.308. The molecule has 0 fully saturated rings. The lowest BCUT2D eigenvalue weighted by Crippen LogP contribution is -2.31. The quantitative estimate of drug-likeness (QED) is 0.407. The second-order valence-electron chi connectivity index (χ2n) is 5.05. The van der Waals surface area contributed by atoms with Crippen LogP contribution in [0, 0.1) is 15.9 Å². The van der Waals surface area contributed by atoms with Crippen LogP contribution in [0.2, 0.25) is 0 Å². The van der Waals surface area contributed by atoms with E-state index in [1.165, 1.54) is 0 Å². The van der Waals surface area contributed by atoms with Gasteiger partial charge in [-0.25, -0.2) is 0 Å². The number of hydrogen-bond acceptors (Lipinski definition) is 4. The van der Waals surface area contributed by atoms with Crippen molar-refractivity contribution in [2.45, 2.75) is 19.3 Å². The van der Waals surface area contributed by atoms with E-state index in [1.807, 2.05) is 0 Å². The number of ether oxygens (including phenoxy) is 1. The molecule has 0 aliphatic heterocycles. The average molecular weight is 312 g/mol. The van der Waals surface area contributed by atoms with Crippen LogP contribution in [0.5, 0.6) is 0 Å². The van der Waals surface area contributed by atoms with Gasteiger partial charge in [0.05, 0.1) is 4.92 Å². The molecule has 0 radical (unpaired) electrons. The summed E-state index contributed by atoms with van der Waals surface area (Å²) in [4.78, 5) is 24.8. The van der Waals surface area contributed by atoms with Gasteiger partial charge in [-0.3, -0.25) is 14.9 Å². The predicted octanol–water partition coefficient (Wildman–Crippen LogP) is 2.87. The molecule has 0 aliphatic rings. The third-order valence-electron chi connectivity index (χ3n) is 3.28. The lowest BCUT2D eigenvalue weighted by atomic mass is 9.89. The van der Waals surface area contributed by atoms with Crippen LogP contribution in [0.15, 0.2) is 18.2 Å². The zero-order chi connectivity index (χ0) is 15.8. The Morgan fingerprint density at radius 2 is 2.14 bits per heavy atom. The molecule has 2 rings (SSSR count). The number of aromatic nitrogens is 1. The number of rotatable bonds is 4. The van der Waals surface area contributed by atoms with Crippen LogP contribution < -0.4 is 0 Å². The molecule has 0 bridgehead atoms. The second kappa shape index (κ2) is 5.41. The SMILES string of the molecule is CC(C)(C(=O)OCP)c1cc2cc([N+](=O)[O-])c(F)cc2[nH]1. The molecule has 1 aromatic heterocycles. The highest BCUT2D eigenvalue weighted by molar-refractivity contribution is 7.16. The third-order valence-corrected chi connectivity index (χ3v) is 3.45. The predicted molar refractivity (Wildman–Crippen MR) is 78.6 cm³/mol. The number of nitro groups is 1. The van der Waals surface area contributed by atoms with Crippen molar-refractivity contribution in [3.8, 4) is 0 Å². The zero-order valence-electron chi connectivity index (χ0n) is 11.5. The number of carbonyl (C=O) groups is 1. The standard InChI is InChI=1S/C13H14FN2O4P/c1-13(2,12(17)20-6-21)11-4-7-3-10(16(18)19)8(14)5-9(7)15-11/h3-5,15H,6,21H2,1-2H3. The summed E-state index contributed by atoms with van der Waals surface area (Å²) >= 11 is 0. The molecule has 1 heterocycles. The van der Waals surface area contributed by atoms with Gasteiger partial charge in [0.1, 0.15) is 11.8 Å². The Bertz CT molecular complexity index is 726. The summed E-state index contributed by atoms with van der Waals surface area (Å²) in [6, 6.07) is 3.78. The molecular formula is C13H14FN2O4P. The number of aromatic amines is 1. The zero-order valence-corrected chi connectivity index (χ0v) is 12.6. The fourth-order valence-corrected chi connectivity index (χ4v) is 2.14. The van der Waals surface area contributed by atoms with E-state index in [9.17, 15) is 19.3 Å². The van der Waals surface area contributed by atoms with Gasteiger partial charge < -0.3 is 9.72 Å². The molecule has 0 saturated heterocycles. The van der Waals surface area contributed by atoms with Crippen LogP contribution in [-0.4, -0.2) is 22.2 Å². The molecule has 6 nitrogen and oxygen atoms in total. The van der Waals surface area contributed by atoms with Crippen molar-refractivity contribution < 1.29 is 18.8 Å². The largest absolute Gasteiger partial charge is 0.461 e. The summed E-state index contributed by atoms with van der Waals surface area (Å²) in [6.45, 7) is 3.32. The van der Waals surface area contributed by atoms with Crippen molar-refractivity contribution in [2.75, 3.05) is 6.35 Å². The minimum atomic E-state index is -0.971. The van der Waals surface area contributed by atoms with E-state index < -0.39 is 27.8 Å². The Morgan fingerprint density at radius 1 is 1.48 bits per heavy atom. The number of H-pyrrole nitrogens is 1. The minimum absolute atomic E-state index is 0.169. The van der Waals surface area contributed by atoms with Crippen LogP contribution in [0.25, 0.3) is 10.9 Å². The highest BCUT2D eigenvalue weighted by atomic mass is 31.0. The number of benzene rings is 1. The average Bonchev–Trinajstić information content (AvgIpc) is 2.81. The monoisotopic (exact) mass is 312 g/mol. The molecule has 0 saturated carbocycles. The maximum atomic E-state index is 13.6. The first kappa shape index (κ1) is 15.4. The summed E-state index contributed by atoms with van der Waals surface area (Å²) < 4.78 is 18.6. The third kappa shape index (κ3) is 2.74. The van der Waals surface area contributed by atoms with E-state index in [0.717, 1.165) is 12.1 Å². The molecular weight excluding hydrogens is 298 g/mol. The van der Waals surface area contributed by atoms with Gasteiger partial charge in [0.2, 0.25) is 5.82 Å². The highest BCUT2D eigenvalue weighted by Gasteiger charge is 2.33. The summed E-state index contributed by atoms with van der Waals surface area (Å²) in [5.41, 5.74) is -0.681. The number of nitrogens with zero attached hydrogens (tertiary/aromatic N) is 1. The summed E-state index contributed by atoms with van der Waals surface area (Å²) in [5.74, 6) is -1.37. The summed E-state index contributed by atoms with van der Waals surface area (Å²) in [5, 5.41) is 11.2. The molecule has 21 heavy (non-hydrogen) atoms. The first-order valence-electron chi connectivity index (χ1n) is 6.11. The van der Waals surface area contributed by atoms with Gasteiger partial charge in [-0.1, -0.05) is 9.24 Å². The van der Waals surface area contributed by atoms with Crippen molar-refractivity contribution in [3.63, 3.8) is 0 Å². The second-order valence-corrected chi connectivity index (χ2v) is 5.39. The number of fused-ring (bicyclic) bond motifs is 1. The summed E-state index contributed by atoms with van der Waals surface area (Å²) in [6.07, 6.45) is 0.169. The Balaban J connectivity index is 2.53. The van der Waals surface area contributed by atoms with Crippen molar-refractivity contribution in [2.24, 2.45) is 0 Å². The van der Waals surface area contributed by atoms with E-state index in [1.54, 1.807) is 19.9 Å². The van der Waals surface area contributed by atoms with E-state index in [2.05, 4.69) is 14.2 Å². The number of hydrogen-bond donors (Lipinski definition) is 1. The van der Waals surface area contributed by atoms with Crippen molar-refractivity contribution in [3.05, 3.63) is 39.8 Å². The van der Waals surface area contributed by atoms with Crippen LogP contribution >= 0.6 is 9.24 Å². The first-order chi connectivity index (χ1) is 9.77. The van der Waals surface area contributed by atoms with Crippen molar-refractivity contribution in [1.29, 1.82) is 0 Å². The molecule has 1 unspecified atom stereocenters. The Labute approximate surface area is 122 Å². The van der Waals surface area contributed by atoms with Crippen LogP contribution in [0.4, 0.5) is 10.1 Å². The maximum absolute atomic E-state index is 13.6. The molecule has 0 aliphatic carbocycles. The highest BCUT2D eigenvalue weighted by Crippen LogP contribution is 2.31. The minimum Gasteiger partial charge on any atom is -0.461 e. The fourth-order valence-electron chi connectivity index (χ4n) is 1.98. The van der Waals surface area contributed by atoms with E-state index in [4.69, 9.17) is 4.74 Å². The van der Waals surface area contributed by atoms with Crippen molar-refractivity contribution in [1.82, 2.24) is 4.98 Å². The smallest absolute Gasteiger partial charge is 0.317 e. The van der Waals surface area contributed by atoms with E-state index >= 15 is 0 Å². The van der Waals surface area contributed by atoms with Gasteiger partial charge in [-0.05, 0) is 19.9 Å². The molecule has 0 spiro atoms. The van der Waals surface area contributed by atoms with Crippen LogP contribution in [-0.2, 0) is 14.9 Å². The lowest BCUT2D eigenvalue weighted by molar-refractivity contribution is -0.387. The number of carbonyl (C=O) groups excluding carboxylic acids is 1. The normalized spacial score (nSPS) is 11.6. The summed E-state index contributed by atoms with van der Waals surface area (Å²) in [7, 11) is 2.28. The topological polar surface area (TPSA) is 85.2 Å². The van der Waals surface area contributed by atoms with Crippen LogP contribution in [0.3, 0.4) is 0 Å². The van der Waals surface area contributed by atoms with Gasteiger partial charge >= 0.3 is 11.7 Å².